The number of nitrogens with one attached hydrogen (secondary N) is 1. The van der Waals surface area contributed by atoms with Gasteiger partial charge in [0.2, 0.25) is 11.8 Å². The number of morpholine rings is 1. The van der Waals surface area contributed by atoms with E-state index < -0.39 is 64.4 Å². The summed E-state index contributed by atoms with van der Waals surface area (Å²) in [7, 11) is 0. The van der Waals surface area contributed by atoms with Gasteiger partial charge in [-0.25, -0.2) is 9.69 Å². The molecule has 0 radical (unpaired) electrons. The third-order valence-corrected chi connectivity index (χ3v) is 13.1. The first-order chi connectivity index (χ1) is 33.2. The predicted molar refractivity (Wildman–Crippen MR) is 251 cm³/mol. The maximum absolute atomic E-state index is 16.5. The molecule has 0 aromatic heterocycles. The molecule has 2 fully saturated rings. The van der Waals surface area contributed by atoms with E-state index in [1.165, 1.54) is 30.3 Å². The lowest BCUT2D eigenvalue weighted by Gasteiger charge is -2.46. The van der Waals surface area contributed by atoms with Crippen LogP contribution >= 0.6 is 0 Å². The normalized spacial score (nSPS) is 22.8. The van der Waals surface area contributed by atoms with Gasteiger partial charge in [-0.15, -0.1) is 6.58 Å². The first-order valence-corrected chi connectivity index (χ1v) is 22.6. The Hall–Kier alpha value is -7.86. The number of carbonyl (C=O) groups excluding carboxylic acids is 4. The molecule has 1 spiro atoms. The molecule has 1 aliphatic carbocycles. The molecule has 68 heavy (non-hydrogen) atoms. The summed E-state index contributed by atoms with van der Waals surface area (Å²) in [6, 6.07) is 32.6. The number of nitro benzene ring substituents is 1. The van der Waals surface area contributed by atoms with Gasteiger partial charge in [0.1, 0.15) is 36.5 Å². The van der Waals surface area contributed by atoms with Gasteiger partial charge in [0.15, 0.2) is 0 Å². The highest BCUT2D eigenvalue weighted by atomic mass is 16.6. The Morgan fingerprint density at radius 2 is 1.63 bits per heavy atom. The Labute approximate surface area is 393 Å². The molecule has 3 aliphatic heterocycles. The molecule has 5 aromatic carbocycles. The summed E-state index contributed by atoms with van der Waals surface area (Å²) in [6.45, 7) is 2.97. The van der Waals surface area contributed by atoms with Crippen LogP contribution in [0.1, 0.15) is 77.3 Å². The Bertz CT molecular complexity index is 2860. The monoisotopic (exact) mass is 912 g/mol. The van der Waals surface area contributed by atoms with Gasteiger partial charge in [-0.1, -0.05) is 103 Å². The maximum atomic E-state index is 16.5. The summed E-state index contributed by atoms with van der Waals surface area (Å²) in [5.74, 6) is 3.00. The number of carbonyl (C=O) groups is 4. The third kappa shape index (κ3) is 8.20. The molecule has 14 nitrogen and oxygen atoms in total. The smallest absolute Gasteiger partial charge is 0.421 e. The molecule has 3 amide bonds. The van der Waals surface area contributed by atoms with Crippen LogP contribution in [0.25, 0.3) is 0 Å². The van der Waals surface area contributed by atoms with Gasteiger partial charge < -0.3 is 24.6 Å². The van der Waals surface area contributed by atoms with Crippen LogP contribution in [0, 0.1) is 27.9 Å². The van der Waals surface area contributed by atoms with Crippen LogP contribution in [0.3, 0.4) is 0 Å². The fraction of sp³-hybridized carbons (Fsp3) is 0.259. The maximum Gasteiger partial charge on any atom is 0.421 e. The van der Waals surface area contributed by atoms with Crippen molar-refractivity contribution in [3.8, 4) is 17.6 Å². The quantitative estimate of drug-likeness (QED) is 0.0406. The van der Waals surface area contributed by atoms with Crippen molar-refractivity contribution in [1.29, 1.82) is 0 Å². The number of aliphatic hydroxyl groups is 1. The summed E-state index contributed by atoms with van der Waals surface area (Å²) in [5.41, 5.74) is 1.74. The fourth-order valence-electron chi connectivity index (χ4n) is 10.2. The van der Waals surface area contributed by atoms with E-state index >= 15 is 14.4 Å². The lowest BCUT2D eigenvalue weighted by molar-refractivity contribution is -0.384. The SMILES string of the molecule is C=CCNC(=O)[C@@H]1[C@H]2C(=O)O[C@H](c3ccccc3)[C@H](c3ccccc3)N2[C@H](c2ccccc2OCCO)[C@@]12C(=O)N(C(=O)OCc1ccc([N+](=O)[O-])cc1)c1ccc(C#CC3=CCCCC3)cc12. The van der Waals surface area contributed by atoms with E-state index in [1.807, 2.05) is 65.6 Å². The van der Waals surface area contributed by atoms with E-state index in [1.54, 1.807) is 42.5 Å². The molecule has 4 aliphatic rings. The second kappa shape index (κ2) is 19.5. The standard InChI is InChI=1S/C54H48N4O10/c1-2-30-55-50(60)45-47-51(61)68-48(39-18-10-5-11-19-39)46(38-16-8-4-9-17-38)57(47)49(41-20-12-13-21-44(41)66-32-31-59)54(45)42-33-36(23-22-35-14-6-3-7-15-35)26-29-43(42)56(52(54)62)53(63)67-34-37-24-27-40(28-25-37)58(64)65/h2,4-5,8-14,16-21,24-29,33,45-49,59H,1,3,6-7,15,30-32,34H2,(H,55,60)/t45-,46-,47-,48+,49+,54-/m0/s1. The van der Waals surface area contributed by atoms with E-state index in [2.05, 4.69) is 29.8 Å². The number of esters is 1. The first kappa shape index (κ1) is 45.3. The number of aliphatic hydroxyl groups excluding tert-OH is 1. The number of fused-ring (bicyclic) bond motifs is 3. The zero-order valence-electron chi connectivity index (χ0n) is 37.0. The highest BCUT2D eigenvalue weighted by molar-refractivity contribution is 6.23. The lowest BCUT2D eigenvalue weighted by Crippen LogP contribution is -2.55. The third-order valence-electron chi connectivity index (χ3n) is 13.1. The van der Waals surface area contributed by atoms with Gasteiger partial charge in [-0.3, -0.25) is 29.4 Å². The molecule has 0 unspecified atom stereocenters. The number of nitro groups is 1. The molecule has 0 saturated carbocycles. The Morgan fingerprint density at radius 3 is 2.32 bits per heavy atom. The zero-order valence-corrected chi connectivity index (χ0v) is 37.0. The van der Waals surface area contributed by atoms with E-state index in [0.717, 1.165) is 36.2 Å². The molecule has 6 atom stereocenters. The Morgan fingerprint density at radius 1 is 0.912 bits per heavy atom. The number of hydrogen-bond acceptors (Lipinski definition) is 11. The number of ether oxygens (including phenoxy) is 3. The van der Waals surface area contributed by atoms with Crippen molar-refractivity contribution in [1.82, 2.24) is 10.2 Å². The molecule has 0 bridgehead atoms. The summed E-state index contributed by atoms with van der Waals surface area (Å²) < 4.78 is 18.7. The van der Waals surface area contributed by atoms with Gasteiger partial charge in [-0.05, 0) is 89.9 Å². The van der Waals surface area contributed by atoms with Crippen LogP contribution in [0.5, 0.6) is 5.75 Å². The van der Waals surface area contributed by atoms with Crippen molar-refractivity contribution in [2.75, 3.05) is 24.7 Å². The number of nitrogens with zero attached hydrogens (tertiary/aromatic N) is 3. The average molecular weight is 913 g/mol. The molecule has 2 N–H and O–H groups in total. The summed E-state index contributed by atoms with van der Waals surface area (Å²) in [6.07, 6.45) is 5.36. The molecule has 2 saturated heterocycles. The minimum Gasteiger partial charge on any atom is -0.491 e. The molecular formula is C54H48N4O10. The minimum atomic E-state index is -2.12. The van der Waals surface area contributed by atoms with Gasteiger partial charge in [0, 0.05) is 29.8 Å². The van der Waals surface area contributed by atoms with Crippen LogP contribution in [-0.2, 0) is 35.9 Å². The number of para-hydroxylation sites is 1. The topological polar surface area (TPSA) is 178 Å². The largest absolute Gasteiger partial charge is 0.491 e. The van der Waals surface area contributed by atoms with Crippen molar-refractivity contribution in [2.24, 2.45) is 5.92 Å². The van der Waals surface area contributed by atoms with E-state index in [-0.39, 0.29) is 49.1 Å². The molecule has 14 heteroatoms. The van der Waals surface area contributed by atoms with Crippen LogP contribution in [0.2, 0.25) is 0 Å². The van der Waals surface area contributed by atoms with Gasteiger partial charge in [-0.2, -0.15) is 0 Å². The number of amides is 3. The van der Waals surface area contributed by atoms with Crippen LogP contribution in [0.15, 0.2) is 152 Å². The van der Waals surface area contributed by atoms with Crippen molar-refractivity contribution in [3.63, 3.8) is 0 Å². The van der Waals surface area contributed by atoms with Gasteiger partial charge in [0.25, 0.3) is 5.69 Å². The van der Waals surface area contributed by atoms with Crippen molar-refractivity contribution >= 4 is 35.3 Å². The Kier molecular flexibility index (Phi) is 13.0. The molecule has 5 aromatic rings. The summed E-state index contributed by atoms with van der Waals surface area (Å²) >= 11 is 0. The number of anilines is 1. The number of benzene rings is 5. The minimum absolute atomic E-state index is 0.0224. The number of hydrogen-bond donors (Lipinski definition) is 2. The zero-order chi connectivity index (χ0) is 47.4. The number of non-ortho nitro benzene ring substituents is 1. The van der Waals surface area contributed by atoms with Crippen molar-refractivity contribution in [3.05, 3.63) is 195 Å². The number of imide groups is 1. The molecule has 9 rings (SSSR count). The van der Waals surface area contributed by atoms with Crippen molar-refractivity contribution < 1.29 is 43.4 Å². The summed E-state index contributed by atoms with van der Waals surface area (Å²) in [4.78, 5) is 75.6. The van der Waals surface area contributed by atoms with Gasteiger partial charge >= 0.3 is 12.1 Å². The molecule has 344 valence electrons. The molecular weight excluding hydrogens is 865 g/mol. The predicted octanol–water partition coefficient (Wildman–Crippen LogP) is 8.12. The van der Waals surface area contributed by atoms with Crippen molar-refractivity contribution in [2.45, 2.75) is 61.9 Å². The van der Waals surface area contributed by atoms with E-state index in [9.17, 15) is 20.0 Å². The number of rotatable bonds is 12. The second-order valence-electron chi connectivity index (χ2n) is 17.0. The van der Waals surface area contributed by atoms with Crippen LogP contribution in [-0.4, -0.2) is 64.6 Å². The fourth-order valence-corrected chi connectivity index (χ4v) is 10.2. The number of allylic oxidation sites excluding steroid dienone is 2. The van der Waals surface area contributed by atoms with Gasteiger partial charge in [0.05, 0.1) is 35.2 Å². The lowest BCUT2D eigenvalue weighted by atomic mass is 9.65. The first-order valence-electron chi connectivity index (χ1n) is 22.6. The number of cyclic esters (lactones) is 1. The Balaban J connectivity index is 1.32. The molecule has 3 heterocycles. The van der Waals surface area contributed by atoms with E-state index in [4.69, 9.17) is 14.2 Å². The summed E-state index contributed by atoms with van der Waals surface area (Å²) in [5, 5.41) is 24.4. The van der Waals surface area contributed by atoms with Crippen LogP contribution in [0.4, 0.5) is 16.2 Å². The average Bonchev–Trinajstić information content (AvgIpc) is 3.83. The highest BCUT2D eigenvalue weighted by Crippen LogP contribution is 2.66. The highest BCUT2D eigenvalue weighted by Gasteiger charge is 2.76. The van der Waals surface area contributed by atoms with E-state index in [0.29, 0.717) is 27.8 Å². The second-order valence-corrected chi connectivity index (χ2v) is 17.0. The van der Waals surface area contributed by atoms with Crippen LogP contribution < -0.4 is 15.0 Å².